The molecule has 0 saturated carbocycles. The maximum Gasteiger partial charge on any atom is 0.220 e. The van der Waals surface area contributed by atoms with Crippen molar-refractivity contribution >= 4 is 5.91 Å². The van der Waals surface area contributed by atoms with E-state index in [-0.39, 0.29) is 5.91 Å². The van der Waals surface area contributed by atoms with Crippen molar-refractivity contribution in [1.82, 2.24) is 10.6 Å². The molecule has 0 aliphatic carbocycles. The first-order chi connectivity index (χ1) is 9.21. The third kappa shape index (κ3) is 5.30. The van der Waals surface area contributed by atoms with Gasteiger partial charge in [-0.2, -0.15) is 0 Å². The summed E-state index contributed by atoms with van der Waals surface area (Å²) in [7, 11) is 3.57. The lowest BCUT2D eigenvalue weighted by atomic mass is 10.1. The number of rotatable bonds is 8. The Labute approximate surface area is 115 Å². The molecule has 0 bridgehead atoms. The van der Waals surface area contributed by atoms with Crippen LogP contribution < -0.4 is 15.4 Å². The third-order valence-corrected chi connectivity index (χ3v) is 3.05. The summed E-state index contributed by atoms with van der Waals surface area (Å²) in [5.41, 5.74) is 2.28. The number of aryl methyl sites for hydroxylation is 1. The molecule has 0 aliphatic heterocycles. The number of carbonyl (C=O) groups excluding carboxylic acids is 1. The Morgan fingerprint density at radius 1 is 1.37 bits per heavy atom. The highest BCUT2D eigenvalue weighted by Gasteiger charge is 2.04. The largest absolute Gasteiger partial charge is 0.496 e. The van der Waals surface area contributed by atoms with Crippen LogP contribution in [0, 0.1) is 0 Å². The van der Waals surface area contributed by atoms with Crippen molar-refractivity contribution in [1.29, 1.82) is 0 Å². The summed E-state index contributed by atoms with van der Waals surface area (Å²) in [5, 5.41) is 5.97. The Kier molecular flexibility index (Phi) is 6.97. The van der Waals surface area contributed by atoms with E-state index in [1.165, 1.54) is 5.56 Å². The number of benzene rings is 1. The Bertz CT molecular complexity index is 405. The summed E-state index contributed by atoms with van der Waals surface area (Å²) in [4.78, 5) is 11.6. The predicted molar refractivity (Wildman–Crippen MR) is 77.4 cm³/mol. The van der Waals surface area contributed by atoms with Gasteiger partial charge in [0.2, 0.25) is 5.91 Å². The highest BCUT2D eigenvalue weighted by molar-refractivity contribution is 5.75. The first kappa shape index (κ1) is 15.5. The molecule has 0 fully saturated rings. The second kappa shape index (κ2) is 8.53. The monoisotopic (exact) mass is 264 g/mol. The van der Waals surface area contributed by atoms with Gasteiger partial charge in [0.1, 0.15) is 5.75 Å². The fraction of sp³-hybridized carbons (Fsp3) is 0.533. The lowest BCUT2D eigenvalue weighted by molar-refractivity contribution is -0.121. The van der Waals surface area contributed by atoms with E-state index < -0.39 is 0 Å². The Morgan fingerprint density at radius 2 is 2.16 bits per heavy atom. The standard InChI is InChI=1S/C15H24N2O2/c1-4-13-10-12(7-8-14(13)19-3)11-17-15(18)6-5-9-16-2/h7-8,10,16H,4-6,9,11H2,1-3H3,(H,17,18). The van der Waals surface area contributed by atoms with Crippen LogP contribution in [0.15, 0.2) is 18.2 Å². The van der Waals surface area contributed by atoms with Crippen LogP contribution in [0.25, 0.3) is 0 Å². The molecule has 0 radical (unpaired) electrons. The molecular weight excluding hydrogens is 240 g/mol. The molecule has 1 rings (SSSR count). The number of hydrogen-bond donors (Lipinski definition) is 2. The fourth-order valence-corrected chi connectivity index (χ4v) is 1.93. The van der Waals surface area contributed by atoms with Gasteiger partial charge in [0.25, 0.3) is 0 Å². The minimum atomic E-state index is 0.101. The SMILES string of the molecule is CCc1cc(CNC(=O)CCCNC)ccc1OC. The van der Waals surface area contributed by atoms with Crippen molar-refractivity contribution in [3.63, 3.8) is 0 Å². The Morgan fingerprint density at radius 3 is 2.79 bits per heavy atom. The number of carbonyl (C=O) groups is 1. The van der Waals surface area contributed by atoms with Gasteiger partial charge in [-0.15, -0.1) is 0 Å². The molecule has 0 aliphatic rings. The maximum absolute atomic E-state index is 11.6. The minimum absolute atomic E-state index is 0.101. The molecule has 1 aromatic rings. The number of ether oxygens (including phenoxy) is 1. The smallest absolute Gasteiger partial charge is 0.220 e. The number of amides is 1. The molecule has 2 N–H and O–H groups in total. The Hall–Kier alpha value is -1.55. The van der Waals surface area contributed by atoms with Crippen molar-refractivity contribution in [2.24, 2.45) is 0 Å². The summed E-state index contributed by atoms with van der Waals surface area (Å²) in [6.45, 7) is 3.54. The van der Waals surface area contributed by atoms with Crippen LogP contribution in [0.4, 0.5) is 0 Å². The van der Waals surface area contributed by atoms with E-state index in [1.807, 2.05) is 19.2 Å². The quantitative estimate of drug-likeness (QED) is 0.705. The number of methoxy groups -OCH3 is 1. The van der Waals surface area contributed by atoms with Gasteiger partial charge < -0.3 is 15.4 Å². The molecule has 0 saturated heterocycles. The van der Waals surface area contributed by atoms with Gasteiger partial charge in [-0.1, -0.05) is 19.1 Å². The average Bonchev–Trinajstić information content (AvgIpc) is 2.45. The van der Waals surface area contributed by atoms with Crippen molar-refractivity contribution in [2.45, 2.75) is 32.7 Å². The van der Waals surface area contributed by atoms with Crippen molar-refractivity contribution in [3.8, 4) is 5.75 Å². The molecule has 4 heteroatoms. The van der Waals surface area contributed by atoms with Crippen LogP contribution in [0.5, 0.6) is 5.75 Å². The summed E-state index contributed by atoms with van der Waals surface area (Å²) < 4.78 is 5.29. The van der Waals surface area contributed by atoms with Crippen LogP contribution in [-0.2, 0) is 17.8 Å². The molecule has 106 valence electrons. The zero-order valence-corrected chi connectivity index (χ0v) is 12.1. The number of nitrogens with one attached hydrogen (secondary N) is 2. The van der Waals surface area contributed by atoms with Crippen LogP contribution in [0.2, 0.25) is 0 Å². The van der Waals surface area contributed by atoms with Gasteiger partial charge in [-0.05, 0) is 43.6 Å². The van der Waals surface area contributed by atoms with E-state index in [1.54, 1.807) is 7.11 Å². The van der Waals surface area contributed by atoms with E-state index >= 15 is 0 Å². The lowest BCUT2D eigenvalue weighted by Gasteiger charge is -2.10. The molecule has 19 heavy (non-hydrogen) atoms. The summed E-state index contributed by atoms with van der Waals surface area (Å²) >= 11 is 0. The van der Waals surface area contributed by atoms with E-state index in [0.29, 0.717) is 13.0 Å². The molecule has 0 heterocycles. The van der Waals surface area contributed by atoms with Crippen molar-refractivity contribution in [3.05, 3.63) is 29.3 Å². The molecule has 0 unspecified atom stereocenters. The predicted octanol–water partition coefficient (Wildman–Crippen LogP) is 1.87. The first-order valence-corrected chi connectivity index (χ1v) is 6.78. The van der Waals surface area contributed by atoms with Crippen molar-refractivity contribution in [2.75, 3.05) is 20.7 Å². The van der Waals surface area contributed by atoms with Crippen LogP contribution in [-0.4, -0.2) is 26.6 Å². The molecule has 0 atom stereocenters. The zero-order chi connectivity index (χ0) is 14.1. The molecule has 1 aromatic carbocycles. The number of hydrogen-bond acceptors (Lipinski definition) is 3. The fourth-order valence-electron chi connectivity index (χ4n) is 1.93. The molecule has 1 amide bonds. The summed E-state index contributed by atoms with van der Waals surface area (Å²) in [5.74, 6) is 1.01. The van der Waals surface area contributed by atoms with E-state index in [0.717, 1.165) is 30.7 Å². The third-order valence-electron chi connectivity index (χ3n) is 3.05. The molecule has 0 spiro atoms. The first-order valence-electron chi connectivity index (χ1n) is 6.78. The molecule has 4 nitrogen and oxygen atoms in total. The van der Waals surface area contributed by atoms with E-state index in [9.17, 15) is 4.79 Å². The molecule has 0 aromatic heterocycles. The van der Waals surface area contributed by atoms with E-state index in [4.69, 9.17) is 4.74 Å². The maximum atomic E-state index is 11.6. The summed E-state index contributed by atoms with van der Waals surface area (Å²) in [6.07, 6.45) is 2.36. The highest BCUT2D eigenvalue weighted by atomic mass is 16.5. The van der Waals surface area contributed by atoms with Gasteiger partial charge in [-0.3, -0.25) is 4.79 Å². The van der Waals surface area contributed by atoms with Gasteiger partial charge in [-0.25, -0.2) is 0 Å². The van der Waals surface area contributed by atoms with Crippen LogP contribution in [0.1, 0.15) is 30.9 Å². The van der Waals surface area contributed by atoms with Gasteiger partial charge in [0.15, 0.2) is 0 Å². The van der Waals surface area contributed by atoms with Crippen LogP contribution in [0.3, 0.4) is 0 Å². The van der Waals surface area contributed by atoms with Crippen molar-refractivity contribution < 1.29 is 9.53 Å². The normalized spacial score (nSPS) is 10.3. The lowest BCUT2D eigenvalue weighted by Crippen LogP contribution is -2.23. The molecular formula is C15H24N2O2. The highest BCUT2D eigenvalue weighted by Crippen LogP contribution is 2.20. The second-order valence-corrected chi connectivity index (χ2v) is 4.48. The zero-order valence-electron chi connectivity index (χ0n) is 12.1. The second-order valence-electron chi connectivity index (χ2n) is 4.48. The van der Waals surface area contributed by atoms with Gasteiger partial charge in [0.05, 0.1) is 7.11 Å². The van der Waals surface area contributed by atoms with Crippen LogP contribution >= 0.6 is 0 Å². The average molecular weight is 264 g/mol. The van der Waals surface area contributed by atoms with E-state index in [2.05, 4.69) is 23.6 Å². The summed E-state index contributed by atoms with van der Waals surface area (Å²) in [6, 6.07) is 6.04. The van der Waals surface area contributed by atoms with Gasteiger partial charge in [0, 0.05) is 13.0 Å². The topological polar surface area (TPSA) is 50.4 Å². The minimum Gasteiger partial charge on any atom is -0.496 e. The Balaban J connectivity index is 2.47. The van der Waals surface area contributed by atoms with Gasteiger partial charge >= 0.3 is 0 Å².